The number of nitrogens with zero attached hydrogens (tertiary/aromatic N) is 3. The summed E-state index contributed by atoms with van der Waals surface area (Å²) in [4.78, 5) is 248. The Morgan fingerprint density at radius 3 is 1.50 bits per heavy atom. The molecule has 17 amide bonds. The van der Waals surface area contributed by atoms with Crippen molar-refractivity contribution in [2.24, 2.45) is 45.8 Å². The molecular weight excluding hydrogens is 1800 g/mol. The van der Waals surface area contributed by atoms with E-state index >= 15 is 0 Å². The number of benzene rings is 1. The SMILES string of the molecule is CCC(C)(C)NCCN(CCNC(=O)CNC(=O)[C@H](CCCCN)NC(=O)[C@H](CC(C)C)NC(=O)[C@H](CC(C)C)NC(=O)[C@@H](NC(=O)[C@H](Cc1ccc(O)c(I)c1)NC(=O)[C@@H]1CCCN1C(=O)[C@H](CO)NC(=O)[C@@H](NC(=O)[C@H](CCC(N)=O)NC(=O)[C@H](CCC(=O)O)NC(=O)[C@H](CCC(N)=O)NC(=O)[C@H](CC(N)=O)NC(C)=O)C(C)C)[C@@H](C)O)CCNC(C)(C)/C(C)=N/O. The van der Waals surface area contributed by atoms with E-state index in [1.807, 2.05) is 36.4 Å². The van der Waals surface area contributed by atoms with Crippen LogP contribution in [0.15, 0.2) is 23.4 Å². The monoisotopic (exact) mass is 1940 g/mol. The molecule has 46 heteroatoms. The number of carbonyl (C=O) groups is 18. The van der Waals surface area contributed by atoms with Crippen molar-refractivity contribution in [1.82, 2.24) is 89.6 Å². The van der Waals surface area contributed by atoms with Gasteiger partial charge in [0.2, 0.25) is 100 Å². The molecule has 1 aliphatic heterocycles. The zero-order valence-electron chi connectivity index (χ0n) is 76.5. The van der Waals surface area contributed by atoms with Crippen LogP contribution in [0.4, 0.5) is 0 Å². The Hall–Kier alpha value is -10.6. The number of amides is 17. The summed E-state index contributed by atoms with van der Waals surface area (Å²) in [6, 6.07) is -15.3. The zero-order chi connectivity index (χ0) is 97.9. The van der Waals surface area contributed by atoms with Gasteiger partial charge < -0.3 is 133 Å². The van der Waals surface area contributed by atoms with Crippen LogP contribution in [0.3, 0.4) is 0 Å². The molecule has 0 spiro atoms. The van der Waals surface area contributed by atoms with E-state index in [9.17, 15) is 112 Å². The molecule has 1 heterocycles. The summed E-state index contributed by atoms with van der Waals surface area (Å²) in [6.07, 6.45) is -4.74. The average Bonchev–Trinajstić information content (AvgIpc) is 1.72. The summed E-state index contributed by atoms with van der Waals surface area (Å²) >= 11 is 1.83. The number of carboxylic acid groups (broad SMARTS) is 1. The van der Waals surface area contributed by atoms with Gasteiger partial charge in [-0.1, -0.05) is 59.7 Å². The zero-order valence-corrected chi connectivity index (χ0v) is 78.6. The predicted molar refractivity (Wildman–Crippen MR) is 481 cm³/mol. The van der Waals surface area contributed by atoms with E-state index in [4.69, 9.17) is 22.9 Å². The molecule has 1 fully saturated rings. The van der Waals surface area contributed by atoms with Crippen LogP contribution in [-0.2, 0) is 92.7 Å². The van der Waals surface area contributed by atoms with Gasteiger partial charge in [0.25, 0.3) is 0 Å². The van der Waals surface area contributed by atoms with E-state index in [0.29, 0.717) is 60.4 Å². The number of likely N-dealkylation sites (tertiary alicyclic amines) is 1. The number of nitrogens with two attached hydrogens (primary N) is 4. The van der Waals surface area contributed by atoms with Crippen molar-refractivity contribution in [3.63, 3.8) is 0 Å². The Kier molecular flexibility index (Phi) is 51.0. The number of unbranched alkanes of at least 4 members (excludes halogenated alkanes) is 1. The minimum atomic E-state index is -1.88. The lowest BCUT2D eigenvalue weighted by Crippen LogP contribution is -2.62. The van der Waals surface area contributed by atoms with Crippen LogP contribution in [0.25, 0.3) is 0 Å². The Balaban J connectivity index is 2.47. The lowest BCUT2D eigenvalue weighted by atomic mass is 9.99. The fourth-order valence-corrected chi connectivity index (χ4v) is 14.0. The number of aromatic hydroxyl groups is 1. The van der Waals surface area contributed by atoms with Crippen molar-refractivity contribution in [2.45, 2.75) is 289 Å². The molecule has 1 aromatic carbocycles. The quantitative estimate of drug-likeness (QED) is 0.00954. The highest BCUT2D eigenvalue weighted by Crippen LogP contribution is 2.24. The second-order valence-corrected chi connectivity index (χ2v) is 35.7. The number of aliphatic carboxylic acids is 1. The number of rotatable bonds is 62. The molecule has 2 rings (SSSR count). The van der Waals surface area contributed by atoms with Gasteiger partial charge >= 0.3 is 5.97 Å². The Morgan fingerprint density at radius 2 is 1.02 bits per heavy atom. The minimum Gasteiger partial charge on any atom is -0.507 e. The summed E-state index contributed by atoms with van der Waals surface area (Å²) < 4.78 is 0.320. The number of primary amides is 3. The van der Waals surface area contributed by atoms with Crippen LogP contribution >= 0.6 is 22.6 Å². The van der Waals surface area contributed by atoms with E-state index in [-0.39, 0.29) is 81.3 Å². The highest BCUT2D eigenvalue weighted by Gasteiger charge is 2.43. The maximum absolute atomic E-state index is 14.8. The van der Waals surface area contributed by atoms with Gasteiger partial charge in [-0.2, -0.15) is 0 Å². The molecule has 0 radical (unpaired) electrons. The molecule has 0 saturated carbocycles. The van der Waals surface area contributed by atoms with Crippen LogP contribution in [0.5, 0.6) is 5.75 Å². The van der Waals surface area contributed by atoms with Crippen molar-refractivity contribution in [2.75, 3.05) is 65.5 Å². The largest absolute Gasteiger partial charge is 0.507 e. The van der Waals surface area contributed by atoms with Crippen LogP contribution in [0, 0.1) is 21.3 Å². The Labute approximate surface area is 766 Å². The highest BCUT2D eigenvalue weighted by molar-refractivity contribution is 14.1. The lowest BCUT2D eigenvalue weighted by Gasteiger charge is -2.31. The maximum atomic E-state index is 14.8. The third-order valence-corrected chi connectivity index (χ3v) is 22.3. The first-order valence-electron chi connectivity index (χ1n) is 43.4. The molecule has 728 valence electrons. The summed E-state index contributed by atoms with van der Waals surface area (Å²) in [5, 5.41) is 94.3. The van der Waals surface area contributed by atoms with Gasteiger partial charge in [0.1, 0.15) is 78.3 Å². The van der Waals surface area contributed by atoms with Gasteiger partial charge in [0.05, 0.1) is 40.5 Å². The summed E-state index contributed by atoms with van der Waals surface area (Å²) in [6.45, 7) is 25.6. The van der Waals surface area contributed by atoms with E-state index in [1.54, 1.807) is 34.6 Å². The van der Waals surface area contributed by atoms with Crippen molar-refractivity contribution in [3.05, 3.63) is 27.3 Å². The van der Waals surface area contributed by atoms with Gasteiger partial charge in [-0.15, -0.1) is 0 Å². The predicted octanol–water partition coefficient (Wildman–Crippen LogP) is -5.06. The molecule has 0 aromatic heterocycles. The standard InChI is InChI=1S/C83H141IN22O23/c1-15-82(11,12)91-31-35-105(36-32-92-83(13,14)48(9)104-129)34-30-89-66(114)42-90-70(117)52(19-16-17-29-85)94-74(121)56(37-44(2)3)98-75(122)57(38-45(4)5)100-80(127)69(47(8)108)103-77(124)58(40-50-21-25-62(110)51(84)39-50)99-78(125)61-20-18-33-106(61)81(128)60(43-107)101-79(126)68(46(6)7)102-73(120)54(23-27-64(87)112)95-72(119)55(24-28-67(115)116)96-71(118)53(22-26-63(86)111)97-76(123)59(41-65(88)113)93-49(10)109/h21,25,39,44-47,52-61,68-69,91-92,107-108,110,129H,15-20,22-24,26-38,40-43,85H2,1-14H3,(H2,86,111)(H2,87,112)(H2,88,113)(H,89,114)(H,90,117)(H,93,109)(H,94,121)(H,95,119)(H,96,118)(H,97,123)(H,98,122)(H,99,125)(H,100,127)(H,101,126)(H,102,120)(H,103,124)(H,115,116)/b104-48+/t47-,52+,53+,54+,55+,56+,57+,58+,59+,60+,61+,68+,69+/m1/s1. The molecule has 0 bridgehead atoms. The first kappa shape index (κ1) is 115. The molecule has 1 aromatic rings. The number of halogens is 1. The molecule has 0 unspecified atom stereocenters. The Bertz CT molecular complexity index is 3990. The van der Waals surface area contributed by atoms with Gasteiger partial charge in [-0.3, -0.25) is 91.2 Å². The van der Waals surface area contributed by atoms with Crippen molar-refractivity contribution in [1.29, 1.82) is 0 Å². The number of oxime groups is 1. The molecule has 0 aliphatic carbocycles. The second-order valence-electron chi connectivity index (χ2n) is 34.5. The smallest absolute Gasteiger partial charge is 0.303 e. The van der Waals surface area contributed by atoms with Crippen molar-refractivity contribution < 1.29 is 112 Å². The molecule has 28 N–H and O–H groups in total. The fraction of sp³-hybridized carbons (Fsp3) is 0.699. The van der Waals surface area contributed by atoms with Gasteiger partial charge in [-0.05, 0) is 177 Å². The molecule has 1 saturated heterocycles. The first-order valence-corrected chi connectivity index (χ1v) is 44.5. The average molecular weight is 1940 g/mol. The summed E-state index contributed by atoms with van der Waals surface area (Å²) in [5.41, 5.74) is 22.0. The summed E-state index contributed by atoms with van der Waals surface area (Å²) in [5.74, 6) is -19.8. The minimum absolute atomic E-state index is 0.0284. The topological polar surface area (TPSA) is 712 Å². The Morgan fingerprint density at radius 1 is 0.558 bits per heavy atom. The molecule has 45 nitrogen and oxygen atoms in total. The van der Waals surface area contributed by atoms with Gasteiger partial charge in [0.15, 0.2) is 0 Å². The van der Waals surface area contributed by atoms with E-state index in [1.165, 1.54) is 39.0 Å². The number of nitrogens with one attached hydrogen (secondary N) is 15. The number of carboxylic acids is 1. The third kappa shape index (κ3) is 43.2. The number of hydrogen-bond acceptors (Lipinski definition) is 27. The molecular formula is C83H141IN22O23. The number of aliphatic hydroxyl groups excluding tert-OH is 2. The number of carbonyl (C=O) groups excluding carboxylic acids is 17. The third-order valence-electron chi connectivity index (χ3n) is 21.4. The molecule has 13 atom stereocenters. The van der Waals surface area contributed by atoms with Crippen LogP contribution < -0.4 is 103 Å². The number of aliphatic hydroxyl groups is 2. The van der Waals surface area contributed by atoms with E-state index in [2.05, 4.69) is 111 Å². The van der Waals surface area contributed by atoms with Crippen molar-refractivity contribution >= 4 is 135 Å². The number of hydrogen-bond donors (Lipinski definition) is 24. The van der Waals surface area contributed by atoms with Crippen LogP contribution in [0.2, 0.25) is 0 Å². The fourth-order valence-electron chi connectivity index (χ4n) is 13.4. The number of phenols is 1. The van der Waals surface area contributed by atoms with Gasteiger partial charge in [-0.25, -0.2) is 0 Å². The van der Waals surface area contributed by atoms with Crippen LogP contribution in [-0.4, -0.2) is 303 Å². The summed E-state index contributed by atoms with van der Waals surface area (Å²) in [7, 11) is 0. The first-order chi connectivity index (χ1) is 60.3. The van der Waals surface area contributed by atoms with Gasteiger partial charge in [0, 0.05) is 84.0 Å². The van der Waals surface area contributed by atoms with Crippen molar-refractivity contribution in [3.8, 4) is 5.75 Å². The normalized spacial score (nSPS) is 15.7. The second kappa shape index (κ2) is 57.5. The molecule has 129 heavy (non-hydrogen) atoms. The van der Waals surface area contributed by atoms with Crippen LogP contribution in [0.1, 0.15) is 199 Å². The highest BCUT2D eigenvalue weighted by atomic mass is 127. The van der Waals surface area contributed by atoms with E-state index in [0.717, 1.165) is 18.2 Å². The van der Waals surface area contributed by atoms with E-state index < -0.39 is 255 Å². The lowest BCUT2D eigenvalue weighted by molar-refractivity contribution is -0.143. The maximum Gasteiger partial charge on any atom is 0.303 e. The molecule has 1 aliphatic rings. The number of phenolic OH excluding ortho intramolecular Hbond substituents is 1.